The molecule has 3 heteroatoms. The molecule has 1 aliphatic rings. The molecule has 0 saturated carbocycles. The number of halogens is 2. The molecule has 0 N–H and O–H groups in total. The molecular formula is C19H15Cl2O. The Morgan fingerprint density at radius 1 is 0.955 bits per heavy atom. The highest BCUT2D eigenvalue weighted by Crippen LogP contribution is 2.36. The first-order valence-electron chi connectivity index (χ1n) is 7.02. The van der Waals surface area contributed by atoms with Crippen LogP contribution in [0.25, 0.3) is 16.7 Å². The van der Waals surface area contributed by atoms with Crippen molar-refractivity contribution in [3.63, 3.8) is 0 Å². The smallest absolute Gasteiger partial charge is 0.119 e. The fourth-order valence-corrected chi connectivity index (χ4v) is 2.86. The van der Waals surface area contributed by atoms with Gasteiger partial charge in [0, 0.05) is 10.1 Å². The van der Waals surface area contributed by atoms with Crippen LogP contribution in [0.3, 0.4) is 0 Å². The normalized spacial score (nSPS) is 14.3. The Labute approximate surface area is 140 Å². The van der Waals surface area contributed by atoms with Gasteiger partial charge in [-0.05, 0) is 65.4 Å². The maximum Gasteiger partial charge on any atom is 0.119 e. The minimum Gasteiger partial charge on any atom is -0.497 e. The van der Waals surface area contributed by atoms with Crippen LogP contribution in [0.2, 0.25) is 5.02 Å². The summed E-state index contributed by atoms with van der Waals surface area (Å²) in [6.07, 6.45) is 7.01. The van der Waals surface area contributed by atoms with Crippen molar-refractivity contribution in [2.24, 2.45) is 0 Å². The number of hydrogen-bond acceptors (Lipinski definition) is 1. The Balaban J connectivity index is 2.14. The van der Waals surface area contributed by atoms with Crippen molar-refractivity contribution >= 4 is 28.8 Å². The Morgan fingerprint density at radius 3 is 2.41 bits per heavy atom. The summed E-state index contributed by atoms with van der Waals surface area (Å²) in [4.78, 5) is 0. The van der Waals surface area contributed by atoms with Crippen LogP contribution in [0.4, 0.5) is 0 Å². The first kappa shape index (κ1) is 15.2. The van der Waals surface area contributed by atoms with Crippen LogP contribution in [0.1, 0.15) is 12.0 Å². The van der Waals surface area contributed by atoms with Crippen molar-refractivity contribution in [2.75, 3.05) is 7.11 Å². The van der Waals surface area contributed by atoms with Gasteiger partial charge in [-0.25, -0.2) is 0 Å². The number of methoxy groups -OCH3 is 1. The van der Waals surface area contributed by atoms with Gasteiger partial charge in [-0.2, -0.15) is 0 Å². The Morgan fingerprint density at radius 2 is 1.73 bits per heavy atom. The SMILES string of the molecule is COc1ccc(C2=CC(Cl)=CC[CH]2)c(-c2ccc(Cl)cc2)c1. The second-order valence-electron chi connectivity index (χ2n) is 5.05. The van der Waals surface area contributed by atoms with E-state index in [4.69, 9.17) is 27.9 Å². The molecule has 22 heavy (non-hydrogen) atoms. The number of allylic oxidation sites excluding steroid dienone is 4. The van der Waals surface area contributed by atoms with E-state index in [0.717, 1.165) is 44.5 Å². The monoisotopic (exact) mass is 329 g/mol. The number of benzene rings is 2. The molecular weight excluding hydrogens is 315 g/mol. The molecule has 0 aliphatic heterocycles. The highest BCUT2D eigenvalue weighted by Gasteiger charge is 2.13. The third kappa shape index (κ3) is 3.21. The summed E-state index contributed by atoms with van der Waals surface area (Å²) in [6, 6.07) is 13.9. The molecule has 1 nitrogen and oxygen atoms in total. The van der Waals surface area contributed by atoms with Crippen LogP contribution in [-0.2, 0) is 0 Å². The minimum absolute atomic E-state index is 0.725. The quantitative estimate of drug-likeness (QED) is 0.658. The van der Waals surface area contributed by atoms with Crippen LogP contribution in [0, 0.1) is 6.42 Å². The van der Waals surface area contributed by atoms with Gasteiger partial charge >= 0.3 is 0 Å². The first-order valence-corrected chi connectivity index (χ1v) is 7.78. The zero-order valence-electron chi connectivity index (χ0n) is 12.1. The zero-order chi connectivity index (χ0) is 15.5. The second-order valence-corrected chi connectivity index (χ2v) is 5.92. The zero-order valence-corrected chi connectivity index (χ0v) is 13.7. The fourth-order valence-electron chi connectivity index (χ4n) is 2.52. The van der Waals surface area contributed by atoms with Gasteiger partial charge in [0.1, 0.15) is 5.75 Å². The molecule has 0 saturated heterocycles. The molecule has 1 radical (unpaired) electrons. The Hall–Kier alpha value is -1.70. The van der Waals surface area contributed by atoms with Crippen molar-refractivity contribution in [1.82, 2.24) is 0 Å². The highest BCUT2D eigenvalue weighted by molar-refractivity contribution is 6.32. The van der Waals surface area contributed by atoms with Crippen LogP contribution < -0.4 is 4.74 Å². The van der Waals surface area contributed by atoms with E-state index in [-0.39, 0.29) is 0 Å². The lowest BCUT2D eigenvalue weighted by atomic mass is 9.90. The van der Waals surface area contributed by atoms with Gasteiger partial charge in [-0.1, -0.05) is 47.5 Å². The Kier molecular flexibility index (Phi) is 4.56. The van der Waals surface area contributed by atoms with Crippen LogP contribution in [0.15, 0.2) is 59.6 Å². The van der Waals surface area contributed by atoms with Crippen molar-refractivity contribution in [3.05, 3.63) is 76.7 Å². The molecule has 0 atom stereocenters. The summed E-state index contributed by atoms with van der Waals surface area (Å²) in [5, 5.41) is 1.50. The third-order valence-electron chi connectivity index (χ3n) is 3.64. The van der Waals surface area contributed by atoms with Crippen molar-refractivity contribution in [3.8, 4) is 16.9 Å². The van der Waals surface area contributed by atoms with Crippen LogP contribution in [0.5, 0.6) is 5.75 Å². The predicted molar refractivity (Wildman–Crippen MR) is 94.3 cm³/mol. The summed E-state index contributed by atoms with van der Waals surface area (Å²) in [5.74, 6) is 0.826. The van der Waals surface area contributed by atoms with Gasteiger partial charge in [-0.15, -0.1) is 0 Å². The van der Waals surface area contributed by atoms with Gasteiger partial charge in [0.2, 0.25) is 0 Å². The van der Waals surface area contributed by atoms with E-state index in [1.807, 2.05) is 48.6 Å². The lowest BCUT2D eigenvalue weighted by Crippen LogP contribution is -1.95. The topological polar surface area (TPSA) is 9.23 Å². The summed E-state index contributed by atoms with van der Waals surface area (Å²) >= 11 is 12.2. The largest absolute Gasteiger partial charge is 0.497 e. The minimum atomic E-state index is 0.725. The first-order chi connectivity index (χ1) is 10.7. The van der Waals surface area contributed by atoms with Gasteiger partial charge in [0.05, 0.1) is 7.11 Å². The van der Waals surface area contributed by atoms with E-state index in [2.05, 4.69) is 12.5 Å². The van der Waals surface area contributed by atoms with E-state index in [1.165, 1.54) is 0 Å². The molecule has 111 valence electrons. The predicted octanol–water partition coefficient (Wildman–Crippen LogP) is 6.13. The molecule has 2 aromatic rings. The average Bonchev–Trinajstić information content (AvgIpc) is 2.55. The summed E-state index contributed by atoms with van der Waals surface area (Å²) in [7, 11) is 1.67. The third-order valence-corrected chi connectivity index (χ3v) is 4.15. The van der Waals surface area contributed by atoms with E-state index >= 15 is 0 Å². The maximum absolute atomic E-state index is 6.16. The second kappa shape index (κ2) is 6.60. The summed E-state index contributed by atoms with van der Waals surface area (Å²) in [5.41, 5.74) is 4.46. The molecule has 0 heterocycles. The van der Waals surface area contributed by atoms with E-state index in [1.54, 1.807) is 7.11 Å². The van der Waals surface area contributed by atoms with E-state index < -0.39 is 0 Å². The molecule has 0 aromatic heterocycles. The number of ether oxygens (including phenoxy) is 1. The van der Waals surface area contributed by atoms with Gasteiger partial charge in [0.25, 0.3) is 0 Å². The standard InChI is InChI=1S/C19H15Cl2O/c1-22-17-9-10-18(14-3-2-4-16(21)11-14)19(12-17)13-5-7-15(20)8-6-13/h3-12H,2H2,1H3. The summed E-state index contributed by atoms with van der Waals surface area (Å²) < 4.78 is 5.37. The Bertz CT molecular complexity index is 743. The number of rotatable bonds is 3. The molecule has 0 amide bonds. The lowest BCUT2D eigenvalue weighted by molar-refractivity contribution is 0.415. The van der Waals surface area contributed by atoms with E-state index in [9.17, 15) is 0 Å². The summed E-state index contributed by atoms with van der Waals surface area (Å²) in [6.45, 7) is 0. The van der Waals surface area contributed by atoms with Crippen molar-refractivity contribution in [1.29, 1.82) is 0 Å². The fraction of sp³-hybridized carbons (Fsp3) is 0.105. The van der Waals surface area contributed by atoms with Crippen LogP contribution >= 0.6 is 23.2 Å². The van der Waals surface area contributed by atoms with Crippen molar-refractivity contribution < 1.29 is 4.74 Å². The lowest BCUT2D eigenvalue weighted by Gasteiger charge is -2.16. The van der Waals surface area contributed by atoms with Crippen molar-refractivity contribution in [2.45, 2.75) is 6.42 Å². The molecule has 2 aromatic carbocycles. The van der Waals surface area contributed by atoms with Crippen LogP contribution in [-0.4, -0.2) is 7.11 Å². The molecule has 3 rings (SSSR count). The van der Waals surface area contributed by atoms with Gasteiger partial charge in [0.15, 0.2) is 0 Å². The van der Waals surface area contributed by atoms with E-state index in [0.29, 0.717) is 0 Å². The molecule has 1 aliphatic carbocycles. The molecule has 0 bridgehead atoms. The molecule has 0 spiro atoms. The highest BCUT2D eigenvalue weighted by atomic mass is 35.5. The van der Waals surface area contributed by atoms with Gasteiger partial charge < -0.3 is 4.74 Å². The molecule has 0 fully saturated rings. The average molecular weight is 330 g/mol. The maximum atomic E-state index is 6.16. The van der Waals surface area contributed by atoms with Gasteiger partial charge in [-0.3, -0.25) is 0 Å². The number of hydrogen-bond donors (Lipinski definition) is 0. The molecule has 0 unspecified atom stereocenters.